The molecule has 2 amide bonds. The van der Waals surface area contributed by atoms with Crippen LogP contribution in [0, 0.1) is 13.8 Å². The van der Waals surface area contributed by atoms with E-state index in [1.54, 1.807) is 24.3 Å². The molecule has 0 saturated carbocycles. The van der Waals surface area contributed by atoms with Crippen LogP contribution in [-0.4, -0.2) is 32.2 Å². The average molecular weight is 897 g/mol. The lowest BCUT2D eigenvalue weighted by Crippen LogP contribution is -2.24. The van der Waals surface area contributed by atoms with Gasteiger partial charge in [0.15, 0.2) is 11.9 Å². The Hall–Kier alpha value is -4.40. The van der Waals surface area contributed by atoms with Gasteiger partial charge in [0.1, 0.15) is 0 Å². The largest absolute Gasteiger partial charge is 0.417 e. The number of hydrogen-bond donors (Lipinski definition) is 4. The average Bonchev–Trinajstić information content (AvgIpc) is 3.00. The van der Waals surface area contributed by atoms with E-state index in [2.05, 4.69) is 41.8 Å². The number of sulfone groups is 1. The summed E-state index contributed by atoms with van der Waals surface area (Å²) in [5.74, 6) is -3.15. The van der Waals surface area contributed by atoms with Crippen LogP contribution < -0.4 is 22.9 Å². The number of alkyl halides is 6. The highest BCUT2D eigenvalue weighted by Crippen LogP contribution is 2.42. The third kappa shape index (κ3) is 10.8. The molecule has 276 valence electrons. The van der Waals surface area contributed by atoms with Crippen LogP contribution in [0.15, 0.2) is 111 Å². The predicted molar refractivity (Wildman–Crippen MR) is 191 cm³/mol. The number of amides is 2. The van der Waals surface area contributed by atoms with E-state index in [1.165, 1.54) is 44.2 Å². The van der Waals surface area contributed by atoms with Gasteiger partial charge in [0.25, 0.3) is 11.8 Å². The second kappa shape index (κ2) is 16.5. The summed E-state index contributed by atoms with van der Waals surface area (Å²) in [6.07, 6.45) is -9.66. The van der Waals surface area contributed by atoms with E-state index in [-0.39, 0.29) is 20.9 Å². The number of nitrogens with two attached hydrogens (primary N) is 4. The summed E-state index contributed by atoms with van der Waals surface area (Å²) in [6, 6.07) is 15.3. The van der Waals surface area contributed by atoms with Crippen molar-refractivity contribution in [2.75, 3.05) is 0 Å². The molecular formula is C32H26Br2F6N6O4S2. The van der Waals surface area contributed by atoms with Crippen molar-refractivity contribution in [2.24, 2.45) is 32.9 Å². The highest BCUT2D eigenvalue weighted by atomic mass is 79.9. The Balaban J connectivity index is 0.000000281. The van der Waals surface area contributed by atoms with Crippen molar-refractivity contribution in [1.82, 2.24) is 0 Å². The molecule has 0 unspecified atom stereocenters. The van der Waals surface area contributed by atoms with Crippen LogP contribution in [0.2, 0.25) is 0 Å². The maximum absolute atomic E-state index is 13.5. The Morgan fingerprint density at radius 3 is 1.48 bits per heavy atom. The maximum atomic E-state index is 13.5. The van der Waals surface area contributed by atoms with Gasteiger partial charge in [0.2, 0.25) is 9.84 Å². The number of nitrogens with zero attached hydrogens (tertiary/aromatic N) is 2. The van der Waals surface area contributed by atoms with Crippen LogP contribution >= 0.6 is 43.6 Å². The van der Waals surface area contributed by atoms with Crippen molar-refractivity contribution >= 4 is 77.2 Å². The van der Waals surface area contributed by atoms with Gasteiger partial charge in [-0.25, -0.2) is 8.42 Å². The molecule has 52 heavy (non-hydrogen) atoms. The zero-order chi connectivity index (χ0) is 39.3. The quantitative estimate of drug-likeness (QED) is 0.0868. The molecule has 0 aliphatic carbocycles. The number of carbonyl (C=O) groups excluding carboxylic acids is 2. The minimum Gasteiger partial charge on any atom is -0.370 e. The van der Waals surface area contributed by atoms with Gasteiger partial charge in [0.05, 0.1) is 20.9 Å². The molecule has 0 fully saturated rings. The number of hydrogen-bond acceptors (Lipinski definition) is 5. The van der Waals surface area contributed by atoms with Gasteiger partial charge < -0.3 is 22.9 Å². The molecule has 0 atom stereocenters. The third-order valence-electron chi connectivity index (χ3n) is 6.64. The number of halogens is 8. The van der Waals surface area contributed by atoms with E-state index in [0.717, 1.165) is 28.4 Å². The van der Waals surface area contributed by atoms with Crippen LogP contribution in [0.25, 0.3) is 0 Å². The molecule has 0 bridgehead atoms. The fraction of sp³-hybridized carbons (Fsp3) is 0.125. The lowest BCUT2D eigenvalue weighted by Gasteiger charge is -2.16. The predicted octanol–water partition coefficient (Wildman–Crippen LogP) is 7.36. The maximum Gasteiger partial charge on any atom is 0.417 e. The molecule has 0 spiro atoms. The third-order valence-corrected chi connectivity index (χ3v) is 10.6. The lowest BCUT2D eigenvalue weighted by atomic mass is 10.0. The molecule has 0 saturated heterocycles. The Morgan fingerprint density at radius 2 is 1.06 bits per heavy atom. The summed E-state index contributed by atoms with van der Waals surface area (Å²) in [4.78, 5) is 29.7. The molecule has 0 aliphatic rings. The Labute approximate surface area is 313 Å². The fourth-order valence-corrected chi connectivity index (χ4v) is 7.42. The first-order valence-corrected chi connectivity index (χ1v) is 18.0. The number of carbonyl (C=O) groups is 2. The van der Waals surface area contributed by atoms with Crippen molar-refractivity contribution in [1.29, 1.82) is 0 Å². The fourth-order valence-electron chi connectivity index (χ4n) is 4.30. The van der Waals surface area contributed by atoms with E-state index < -0.39 is 67.5 Å². The van der Waals surface area contributed by atoms with Crippen LogP contribution in [0.5, 0.6) is 0 Å². The van der Waals surface area contributed by atoms with E-state index in [4.69, 9.17) is 22.9 Å². The van der Waals surface area contributed by atoms with Gasteiger partial charge in [-0.05, 0) is 97.8 Å². The van der Waals surface area contributed by atoms with Crippen LogP contribution in [0.1, 0.15) is 43.0 Å². The van der Waals surface area contributed by atoms with Crippen molar-refractivity contribution in [2.45, 2.75) is 45.8 Å². The van der Waals surface area contributed by atoms with Gasteiger partial charge in [-0.2, -0.15) is 36.3 Å². The zero-order valence-corrected chi connectivity index (χ0v) is 31.4. The van der Waals surface area contributed by atoms with Gasteiger partial charge in [0, 0.05) is 29.9 Å². The molecule has 20 heteroatoms. The highest BCUT2D eigenvalue weighted by molar-refractivity contribution is 9.10. The Morgan fingerprint density at radius 1 is 0.654 bits per heavy atom. The normalized spacial score (nSPS) is 11.6. The molecule has 0 aromatic heterocycles. The zero-order valence-electron chi connectivity index (χ0n) is 26.6. The van der Waals surface area contributed by atoms with Crippen molar-refractivity contribution in [3.05, 3.63) is 115 Å². The summed E-state index contributed by atoms with van der Waals surface area (Å²) < 4.78 is 108. The molecule has 0 aliphatic heterocycles. The van der Waals surface area contributed by atoms with Gasteiger partial charge in [-0.3, -0.25) is 9.59 Å². The summed E-state index contributed by atoms with van der Waals surface area (Å²) in [5, 5.41) is 0. The molecule has 0 heterocycles. The summed E-state index contributed by atoms with van der Waals surface area (Å²) in [7, 11) is -4.49. The Kier molecular flexibility index (Phi) is 13.3. The SMILES string of the molecule is Cc1cc(S(=O)(=O)c2ccc(Br)cc2)c(C(F)(F)F)cc1C(=O)N=C(N)N.Cc1cc(Sc2ccc(Br)cc2)c(C(F)(F)F)cc1C(=O)N=C(N)N. The minimum atomic E-state index is -5.03. The molecule has 4 aromatic carbocycles. The first-order valence-electron chi connectivity index (χ1n) is 14.1. The van der Waals surface area contributed by atoms with Crippen LogP contribution in [0.3, 0.4) is 0 Å². The van der Waals surface area contributed by atoms with E-state index in [9.17, 15) is 44.3 Å². The van der Waals surface area contributed by atoms with Gasteiger partial charge in [-0.1, -0.05) is 43.6 Å². The van der Waals surface area contributed by atoms with E-state index in [1.807, 2.05) is 0 Å². The molecule has 10 nitrogen and oxygen atoms in total. The lowest BCUT2D eigenvalue weighted by molar-refractivity contribution is -0.140. The van der Waals surface area contributed by atoms with Crippen molar-refractivity contribution in [3.8, 4) is 0 Å². The topological polar surface area (TPSA) is 197 Å². The monoisotopic (exact) mass is 894 g/mol. The van der Waals surface area contributed by atoms with Gasteiger partial charge in [-0.15, -0.1) is 0 Å². The first-order chi connectivity index (χ1) is 23.9. The Bertz CT molecular complexity index is 2170. The summed E-state index contributed by atoms with van der Waals surface area (Å²) in [5.41, 5.74) is 17.7. The molecule has 4 rings (SSSR count). The second-order valence-corrected chi connectivity index (χ2v) is 15.4. The number of aliphatic imine (C=N–C) groups is 2. The van der Waals surface area contributed by atoms with E-state index in [0.29, 0.717) is 21.0 Å². The van der Waals surface area contributed by atoms with E-state index >= 15 is 0 Å². The number of guanidine groups is 2. The summed E-state index contributed by atoms with van der Waals surface area (Å²) >= 11 is 7.36. The second-order valence-electron chi connectivity index (χ2n) is 10.5. The number of aryl methyl sites for hydroxylation is 2. The molecule has 4 aromatic rings. The first kappa shape index (κ1) is 42.0. The number of rotatable bonds is 6. The van der Waals surface area contributed by atoms with Gasteiger partial charge >= 0.3 is 12.4 Å². The molecule has 8 N–H and O–H groups in total. The number of benzene rings is 4. The molecule has 0 radical (unpaired) electrons. The molecular weight excluding hydrogens is 870 g/mol. The van der Waals surface area contributed by atoms with Crippen LogP contribution in [-0.2, 0) is 22.2 Å². The minimum absolute atomic E-state index is 0.00595. The highest BCUT2D eigenvalue weighted by Gasteiger charge is 2.39. The summed E-state index contributed by atoms with van der Waals surface area (Å²) in [6.45, 7) is 2.82. The van der Waals surface area contributed by atoms with Crippen molar-refractivity contribution < 1.29 is 44.3 Å². The van der Waals surface area contributed by atoms with Crippen molar-refractivity contribution in [3.63, 3.8) is 0 Å². The van der Waals surface area contributed by atoms with Crippen LogP contribution in [0.4, 0.5) is 26.3 Å². The standard InChI is InChI=1S/C16H13BrF3N3O3S.C16H13BrF3N3OS/c1-8-6-13(27(25,26)10-4-2-9(17)3-5-10)12(16(18,19)20)7-11(8)14(24)23-15(21)22;1-8-6-13(25-10-4-2-9(17)3-5-10)12(16(18,19)20)7-11(8)14(24)23-15(21)22/h2-7H,1H3,(H4,21,22,23,24);2-7H,1H3,(H4,21,22,23,24). The smallest absolute Gasteiger partial charge is 0.370 e.